The molecule has 0 bridgehead atoms. The van der Waals surface area contributed by atoms with Gasteiger partial charge in [-0.3, -0.25) is 9.48 Å². The number of rotatable bonds is 6. The Morgan fingerprint density at radius 3 is 2.52 bits per heavy atom. The van der Waals surface area contributed by atoms with E-state index in [4.69, 9.17) is 0 Å². The van der Waals surface area contributed by atoms with Crippen molar-refractivity contribution >= 4 is 5.91 Å². The lowest BCUT2D eigenvalue weighted by Crippen LogP contribution is -2.45. The summed E-state index contributed by atoms with van der Waals surface area (Å²) in [6, 6.07) is 0.588. The van der Waals surface area contributed by atoms with Crippen molar-refractivity contribution in [2.45, 2.75) is 65.5 Å². The first-order valence-corrected chi connectivity index (χ1v) is 9.16. The first-order chi connectivity index (χ1) is 11.1. The van der Waals surface area contributed by atoms with Gasteiger partial charge in [-0.25, -0.2) is 0 Å². The Hall–Kier alpha value is -1.36. The Bertz CT molecular complexity index is 554. The summed E-state index contributed by atoms with van der Waals surface area (Å²) in [4.78, 5) is 14.9. The van der Waals surface area contributed by atoms with Crippen LogP contribution in [0.4, 0.5) is 0 Å². The van der Waals surface area contributed by atoms with E-state index in [1.165, 1.54) is 19.4 Å². The summed E-state index contributed by atoms with van der Waals surface area (Å²) in [5, 5.41) is 8.22. The van der Waals surface area contributed by atoms with Crippen molar-refractivity contribution in [2.24, 2.45) is 5.92 Å². The predicted molar refractivity (Wildman–Crippen MR) is 91.6 cm³/mol. The van der Waals surface area contributed by atoms with Crippen LogP contribution < -0.4 is 5.32 Å². The van der Waals surface area contributed by atoms with Crippen molar-refractivity contribution < 1.29 is 4.79 Å². The van der Waals surface area contributed by atoms with Crippen molar-refractivity contribution in [3.05, 3.63) is 17.0 Å². The predicted octanol–water partition coefficient (Wildman–Crippen LogP) is 2.51. The van der Waals surface area contributed by atoms with Gasteiger partial charge < -0.3 is 10.2 Å². The Kier molecular flexibility index (Phi) is 5.05. The fraction of sp³-hybridized carbons (Fsp3) is 0.778. The summed E-state index contributed by atoms with van der Waals surface area (Å²) < 4.78 is 1.98. The molecule has 1 aromatic rings. The summed E-state index contributed by atoms with van der Waals surface area (Å²) in [6.07, 6.45) is 5.96. The second-order valence-electron chi connectivity index (χ2n) is 7.19. The number of aromatic nitrogens is 2. The number of nitrogens with zero attached hydrogens (tertiary/aromatic N) is 3. The SMILES string of the molecule is CCCn1nc(C)c(C(=O)N2CCC(NCC3CC3)CC2)c1C. The van der Waals surface area contributed by atoms with Crippen LogP contribution in [0.5, 0.6) is 0 Å². The molecule has 1 aliphatic heterocycles. The van der Waals surface area contributed by atoms with Crippen LogP contribution in [0.15, 0.2) is 0 Å². The van der Waals surface area contributed by atoms with Crippen LogP contribution in [0.3, 0.4) is 0 Å². The number of nitrogens with one attached hydrogen (secondary N) is 1. The van der Waals surface area contributed by atoms with Gasteiger partial charge in [0.1, 0.15) is 0 Å². The summed E-state index contributed by atoms with van der Waals surface area (Å²) >= 11 is 0. The molecule has 2 heterocycles. The third kappa shape index (κ3) is 3.77. The smallest absolute Gasteiger partial charge is 0.257 e. The molecule has 1 saturated heterocycles. The van der Waals surface area contributed by atoms with Gasteiger partial charge in [-0.05, 0) is 58.4 Å². The minimum absolute atomic E-state index is 0.169. The van der Waals surface area contributed by atoms with E-state index in [1.54, 1.807) is 0 Å². The topological polar surface area (TPSA) is 50.2 Å². The second-order valence-corrected chi connectivity index (χ2v) is 7.19. The average molecular weight is 318 g/mol. The molecule has 3 rings (SSSR count). The molecule has 0 unspecified atom stereocenters. The Morgan fingerprint density at radius 1 is 1.22 bits per heavy atom. The maximum atomic E-state index is 12.9. The maximum absolute atomic E-state index is 12.9. The van der Waals surface area contributed by atoms with Gasteiger partial charge in [0.05, 0.1) is 11.3 Å². The second kappa shape index (κ2) is 7.04. The Labute approximate surface area is 139 Å². The Morgan fingerprint density at radius 2 is 1.91 bits per heavy atom. The molecule has 1 saturated carbocycles. The number of carbonyl (C=O) groups excluding carboxylic acids is 1. The molecule has 0 spiro atoms. The minimum Gasteiger partial charge on any atom is -0.338 e. The highest BCUT2D eigenvalue weighted by Gasteiger charge is 2.28. The van der Waals surface area contributed by atoms with Crippen molar-refractivity contribution in [3.63, 3.8) is 0 Å². The van der Waals surface area contributed by atoms with Crippen molar-refractivity contribution in [1.29, 1.82) is 0 Å². The van der Waals surface area contributed by atoms with Gasteiger partial charge in [-0.2, -0.15) is 5.10 Å². The summed E-state index contributed by atoms with van der Waals surface area (Å²) in [5.41, 5.74) is 2.71. The molecule has 0 aromatic carbocycles. The van der Waals surface area contributed by atoms with E-state index in [-0.39, 0.29) is 5.91 Å². The number of piperidine rings is 1. The molecule has 1 N–H and O–H groups in total. The van der Waals surface area contributed by atoms with Crippen LogP contribution in [-0.4, -0.2) is 46.3 Å². The lowest BCUT2D eigenvalue weighted by molar-refractivity contribution is 0.0703. The van der Waals surface area contributed by atoms with Crippen molar-refractivity contribution in [1.82, 2.24) is 20.0 Å². The van der Waals surface area contributed by atoms with Gasteiger partial charge in [-0.1, -0.05) is 6.92 Å². The number of likely N-dealkylation sites (tertiary alicyclic amines) is 1. The molecule has 5 heteroatoms. The number of hydrogen-bond donors (Lipinski definition) is 1. The fourth-order valence-electron chi connectivity index (χ4n) is 3.54. The fourth-order valence-corrected chi connectivity index (χ4v) is 3.54. The van der Waals surface area contributed by atoms with Crippen LogP contribution in [0.1, 0.15) is 60.8 Å². The van der Waals surface area contributed by atoms with Crippen LogP contribution in [0.25, 0.3) is 0 Å². The van der Waals surface area contributed by atoms with Gasteiger partial charge in [-0.15, -0.1) is 0 Å². The first-order valence-electron chi connectivity index (χ1n) is 9.16. The Balaban J connectivity index is 1.58. The molecule has 23 heavy (non-hydrogen) atoms. The van der Waals surface area contributed by atoms with E-state index in [2.05, 4.69) is 17.3 Å². The maximum Gasteiger partial charge on any atom is 0.257 e. The van der Waals surface area contributed by atoms with Gasteiger partial charge >= 0.3 is 0 Å². The standard InChI is InChI=1S/C18H30N4O/c1-4-9-22-14(3)17(13(2)20-22)18(23)21-10-7-16(8-11-21)19-12-15-5-6-15/h15-16,19H,4-12H2,1-3H3. The molecular formula is C18H30N4O. The quantitative estimate of drug-likeness (QED) is 0.877. The normalized spacial score (nSPS) is 19.3. The number of carbonyl (C=O) groups is 1. The third-order valence-corrected chi connectivity index (χ3v) is 5.21. The molecule has 2 aliphatic rings. The highest BCUT2D eigenvalue weighted by Crippen LogP contribution is 2.28. The molecule has 0 radical (unpaired) electrons. The van der Waals surface area contributed by atoms with Crippen LogP contribution in [0, 0.1) is 19.8 Å². The van der Waals surface area contributed by atoms with Gasteiger partial charge in [0, 0.05) is 31.4 Å². The molecule has 2 fully saturated rings. The zero-order valence-corrected chi connectivity index (χ0v) is 14.8. The highest BCUT2D eigenvalue weighted by atomic mass is 16.2. The van der Waals surface area contributed by atoms with E-state index >= 15 is 0 Å². The zero-order chi connectivity index (χ0) is 16.4. The van der Waals surface area contributed by atoms with E-state index in [0.29, 0.717) is 6.04 Å². The lowest BCUT2D eigenvalue weighted by atomic mass is 10.0. The van der Waals surface area contributed by atoms with Gasteiger partial charge in [0.25, 0.3) is 5.91 Å². The molecule has 5 nitrogen and oxygen atoms in total. The van der Waals surface area contributed by atoms with Crippen LogP contribution >= 0.6 is 0 Å². The average Bonchev–Trinajstić information content (AvgIpc) is 3.33. The van der Waals surface area contributed by atoms with E-state index < -0.39 is 0 Å². The van der Waals surface area contributed by atoms with Gasteiger partial charge in [0.15, 0.2) is 0 Å². The van der Waals surface area contributed by atoms with Crippen molar-refractivity contribution in [2.75, 3.05) is 19.6 Å². The minimum atomic E-state index is 0.169. The van der Waals surface area contributed by atoms with E-state index in [9.17, 15) is 4.79 Å². The highest BCUT2D eigenvalue weighted by molar-refractivity contribution is 5.96. The van der Waals surface area contributed by atoms with Crippen LogP contribution in [-0.2, 0) is 6.54 Å². The first kappa shape index (κ1) is 16.5. The third-order valence-electron chi connectivity index (χ3n) is 5.21. The molecule has 128 valence electrons. The number of amides is 1. The summed E-state index contributed by atoms with van der Waals surface area (Å²) in [5.74, 6) is 1.09. The molecular weight excluding hydrogens is 288 g/mol. The molecule has 1 aromatic heterocycles. The monoisotopic (exact) mass is 318 g/mol. The lowest BCUT2D eigenvalue weighted by Gasteiger charge is -2.32. The van der Waals surface area contributed by atoms with Gasteiger partial charge in [0.2, 0.25) is 0 Å². The zero-order valence-electron chi connectivity index (χ0n) is 14.8. The summed E-state index contributed by atoms with van der Waals surface area (Å²) in [6.45, 7) is 9.88. The molecule has 1 aliphatic carbocycles. The van der Waals surface area contributed by atoms with Crippen molar-refractivity contribution in [3.8, 4) is 0 Å². The number of aryl methyl sites for hydroxylation is 2. The largest absolute Gasteiger partial charge is 0.338 e. The number of hydrogen-bond acceptors (Lipinski definition) is 3. The molecule has 1 amide bonds. The van der Waals surface area contributed by atoms with E-state index in [0.717, 1.165) is 61.8 Å². The van der Waals surface area contributed by atoms with Crippen LogP contribution in [0.2, 0.25) is 0 Å². The molecule has 0 atom stereocenters. The summed E-state index contributed by atoms with van der Waals surface area (Å²) in [7, 11) is 0. The van der Waals surface area contributed by atoms with E-state index in [1.807, 2.05) is 23.4 Å².